The van der Waals surface area contributed by atoms with Crippen molar-refractivity contribution in [2.45, 2.75) is 128 Å². The maximum Gasteiger partial charge on any atom is 0.416 e. The zero-order valence-corrected chi connectivity index (χ0v) is 26.9. The second kappa shape index (κ2) is 11.5. The number of nitrogens with one attached hydrogen (secondary N) is 2. The predicted molar refractivity (Wildman–Crippen MR) is 161 cm³/mol. The van der Waals surface area contributed by atoms with E-state index < -0.39 is 31.6 Å². The van der Waals surface area contributed by atoms with Crippen molar-refractivity contribution in [2.75, 3.05) is 18.4 Å². The third kappa shape index (κ3) is 7.46. The first-order valence-electron chi connectivity index (χ1n) is 15.0. The number of nitrogens with zero attached hydrogens (tertiary/aromatic N) is 3. The number of amides is 1. The second-order valence-corrected chi connectivity index (χ2v) is 19.1. The molecule has 1 aromatic carbocycles. The first-order valence-corrected chi connectivity index (χ1v) is 17.9. The standard InChI is InChI=1S/C30H48F3N5O2Si/c1-28(2,3)35-27(39)38-25-14-9-20(30(31,32)33)19-24(25)26(36-38)34-17-15-22-16-18-37(22)21-10-12-23(13-11-21)40-41(7,8)29(4,5)6/h9,14,19,21-23H,10-13,15-18H2,1-8H3,(H,34,36)(H,35,39). The van der Waals surface area contributed by atoms with Crippen LogP contribution in [-0.2, 0) is 10.6 Å². The van der Waals surface area contributed by atoms with Crippen molar-refractivity contribution >= 4 is 31.1 Å². The summed E-state index contributed by atoms with van der Waals surface area (Å²) in [6.45, 7) is 18.7. The molecule has 11 heteroatoms. The molecule has 7 nitrogen and oxygen atoms in total. The summed E-state index contributed by atoms with van der Waals surface area (Å²) >= 11 is 0. The van der Waals surface area contributed by atoms with Crippen LogP contribution in [0.5, 0.6) is 0 Å². The molecule has 230 valence electrons. The minimum absolute atomic E-state index is 0.214. The second-order valence-electron chi connectivity index (χ2n) is 14.4. The zero-order valence-electron chi connectivity index (χ0n) is 25.9. The van der Waals surface area contributed by atoms with E-state index in [1.54, 1.807) is 0 Å². The summed E-state index contributed by atoms with van der Waals surface area (Å²) in [7, 11) is -1.77. The monoisotopic (exact) mass is 595 g/mol. The van der Waals surface area contributed by atoms with Crippen LogP contribution in [-0.4, -0.2) is 65.8 Å². The fourth-order valence-corrected chi connectivity index (χ4v) is 7.07. The molecule has 0 spiro atoms. The fourth-order valence-electron chi connectivity index (χ4n) is 5.65. The number of anilines is 1. The Balaban J connectivity index is 1.38. The van der Waals surface area contributed by atoms with Crippen molar-refractivity contribution in [1.29, 1.82) is 0 Å². The Morgan fingerprint density at radius 2 is 1.71 bits per heavy atom. The van der Waals surface area contributed by atoms with Crippen LogP contribution in [0.1, 0.15) is 85.6 Å². The van der Waals surface area contributed by atoms with Gasteiger partial charge in [0.05, 0.1) is 11.1 Å². The van der Waals surface area contributed by atoms with Crippen molar-refractivity contribution < 1.29 is 22.4 Å². The Hall–Kier alpha value is -2.11. The highest BCUT2D eigenvalue weighted by molar-refractivity contribution is 6.74. The van der Waals surface area contributed by atoms with Gasteiger partial charge in [0, 0.05) is 42.2 Å². The smallest absolute Gasteiger partial charge is 0.414 e. The van der Waals surface area contributed by atoms with Crippen LogP contribution in [0.3, 0.4) is 0 Å². The number of likely N-dealkylation sites (tertiary alicyclic amines) is 1. The van der Waals surface area contributed by atoms with Gasteiger partial charge in [0.25, 0.3) is 0 Å². The number of carbonyl (C=O) groups is 1. The number of alkyl halides is 3. The average Bonchev–Trinajstić information content (AvgIpc) is 3.18. The Morgan fingerprint density at radius 1 is 1.05 bits per heavy atom. The lowest BCUT2D eigenvalue weighted by atomic mass is 9.87. The van der Waals surface area contributed by atoms with Crippen LogP contribution < -0.4 is 10.6 Å². The van der Waals surface area contributed by atoms with Gasteiger partial charge in [-0.2, -0.15) is 17.9 Å². The molecule has 1 aromatic heterocycles. The first kappa shape index (κ1) is 31.8. The molecule has 2 aliphatic rings. The van der Waals surface area contributed by atoms with Crippen LogP contribution in [0.15, 0.2) is 18.2 Å². The molecule has 1 atom stereocenters. The van der Waals surface area contributed by atoms with E-state index in [-0.39, 0.29) is 10.4 Å². The number of benzene rings is 1. The summed E-state index contributed by atoms with van der Waals surface area (Å²) in [5.41, 5.74) is -0.940. The molecular weight excluding hydrogens is 547 g/mol. The molecule has 2 fully saturated rings. The van der Waals surface area contributed by atoms with Crippen molar-refractivity contribution in [3.05, 3.63) is 23.8 Å². The van der Waals surface area contributed by atoms with E-state index in [0.717, 1.165) is 61.9 Å². The molecule has 1 saturated heterocycles. The third-order valence-corrected chi connectivity index (χ3v) is 13.6. The molecule has 1 unspecified atom stereocenters. The van der Waals surface area contributed by atoms with Crippen molar-refractivity contribution in [1.82, 2.24) is 20.0 Å². The quantitative estimate of drug-likeness (QED) is 0.322. The molecule has 2 heterocycles. The minimum Gasteiger partial charge on any atom is -0.414 e. The number of carbonyl (C=O) groups excluding carboxylic acids is 1. The lowest BCUT2D eigenvalue weighted by molar-refractivity contribution is -0.137. The molecule has 0 radical (unpaired) electrons. The van der Waals surface area contributed by atoms with E-state index in [9.17, 15) is 18.0 Å². The van der Waals surface area contributed by atoms with E-state index in [4.69, 9.17) is 4.43 Å². The third-order valence-electron chi connectivity index (χ3n) is 9.02. The molecule has 1 aliphatic heterocycles. The van der Waals surface area contributed by atoms with Crippen LogP contribution in [0.4, 0.5) is 23.8 Å². The fraction of sp³-hybridized carbons (Fsp3) is 0.733. The van der Waals surface area contributed by atoms with Gasteiger partial charge >= 0.3 is 12.2 Å². The maximum absolute atomic E-state index is 13.5. The number of hydrogen-bond acceptors (Lipinski definition) is 5. The van der Waals surface area contributed by atoms with E-state index in [1.165, 1.54) is 6.07 Å². The Morgan fingerprint density at radius 3 is 2.24 bits per heavy atom. The predicted octanol–water partition coefficient (Wildman–Crippen LogP) is 7.62. The van der Waals surface area contributed by atoms with Crippen LogP contribution in [0, 0.1) is 0 Å². The van der Waals surface area contributed by atoms with E-state index >= 15 is 0 Å². The summed E-state index contributed by atoms with van der Waals surface area (Å²) in [5, 5.41) is 11.0. The van der Waals surface area contributed by atoms with Gasteiger partial charge in [-0.15, -0.1) is 5.10 Å². The summed E-state index contributed by atoms with van der Waals surface area (Å²) in [6, 6.07) is 3.90. The number of rotatable bonds is 7. The first-order chi connectivity index (χ1) is 18.9. The van der Waals surface area contributed by atoms with Crippen LogP contribution >= 0.6 is 0 Å². The van der Waals surface area contributed by atoms with Crippen LogP contribution in [0.25, 0.3) is 10.9 Å². The summed E-state index contributed by atoms with van der Waals surface area (Å²) in [4.78, 5) is 15.5. The molecule has 1 saturated carbocycles. The molecule has 1 amide bonds. The normalized spacial score (nSPS) is 23.0. The topological polar surface area (TPSA) is 71.4 Å². The van der Waals surface area contributed by atoms with Crippen molar-refractivity contribution in [2.24, 2.45) is 0 Å². The number of halogens is 3. The number of aromatic nitrogens is 2. The summed E-state index contributed by atoms with van der Waals surface area (Å²) in [5.74, 6) is 0.296. The Kier molecular flexibility index (Phi) is 8.94. The molecular formula is C30H48F3N5O2Si. The molecule has 2 aromatic rings. The molecule has 1 aliphatic carbocycles. The lowest BCUT2D eigenvalue weighted by Crippen LogP contribution is -2.55. The minimum atomic E-state index is -4.48. The molecule has 4 rings (SSSR count). The molecule has 0 bridgehead atoms. The van der Waals surface area contributed by atoms with Gasteiger partial charge in [-0.25, -0.2) is 4.79 Å². The number of fused-ring (bicyclic) bond motifs is 1. The van der Waals surface area contributed by atoms with Crippen molar-refractivity contribution in [3.63, 3.8) is 0 Å². The Bertz CT molecular complexity index is 1220. The molecule has 41 heavy (non-hydrogen) atoms. The van der Waals surface area contributed by atoms with Gasteiger partial charge in [0.2, 0.25) is 0 Å². The van der Waals surface area contributed by atoms with Crippen LogP contribution in [0.2, 0.25) is 18.1 Å². The molecule has 2 N–H and O–H groups in total. The van der Waals surface area contributed by atoms with Gasteiger partial charge in [0.1, 0.15) is 0 Å². The van der Waals surface area contributed by atoms with E-state index in [2.05, 4.69) is 54.5 Å². The highest BCUT2D eigenvalue weighted by Gasteiger charge is 2.41. The Labute approximate surface area is 243 Å². The summed E-state index contributed by atoms with van der Waals surface area (Å²) in [6.07, 6.45) is 2.32. The van der Waals surface area contributed by atoms with Gasteiger partial charge in [0.15, 0.2) is 14.1 Å². The summed E-state index contributed by atoms with van der Waals surface area (Å²) < 4.78 is 48.3. The lowest BCUT2D eigenvalue weighted by Gasteiger charge is -2.49. The SMILES string of the molecule is CC(C)(C)NC(=O)n1nc(NCCC2CCN2C2CCC(O[Si](C)(C)C(C)(C)C)CC2)c2cc(C(F)(F)F)ccc21. The van der Waals surface area contributed by atoms with Gasteiger partial charge < -0.3 is 15.1 Å². The zero-order chi connectivity index (χ0) is 30.4. The van der Waals surface area contributed by atoms with Gasteiger partial charge in [-0.1, -0.05) is 20.8 Å². The number of hydrogen-bond donors (Lipinski definition) is 2. The highest BCUT2D eigenvalue weighted by atomic mass is 28.4. The van der Waals surface area contributed by atoms with Crippen molar-refractivity contribution in [3.8, 4) is 0 Å². The maximum atomic E-state index is 13.5. The highest BCUT2D eigenvalue weighted by Crippen LogP contribution is 2.40. The van der Waals surface area contributed by atoms with Gasteiger partial charge in [-0.3, -0.25) is 4.90 Å². The average molecular weight is 596 g/mol. The van der Waals surface area contributed by atoms with E-state index in [1.807, 2.05) is 20.8 Å². The van der Waals surface area contributed by atoms with Gasteiger partial charge in [-0.05, 0) is 95.6 Å². The largest absolute Gasteiger partial charge is 0.416 e. The van der Waals surface area contributed by atoms with E-state index in [0.29, 0.717) is 36.1 Å².